The molecule has 1 amide bonds. The Morgan fingerprint density at radius 3 is 2.52 bits per heavy atom. The van der Waals surface area contributed by atoms with Gasteiger partial charge in [-0.3, -0.25) is 9.59 Å². The van der Waals surface area contributed by atoms with Crippen LogP contribution in [0.2, 0.25) is 0 Å². The van der Waals surface area contributed by atoms with E-state index in [9.17, 15) is 9.59 Å². The van der Waals surface area contributed by atoms with E-state index < -0.39 is 0 Å². The topological polar surface area (TPSA) is 58.6 Å². The second kappa shape index (κ2) is 7.45. The molecule has 0 spiro atoms. The van der Waals surface area contributed by atoms with Crippen molar-refractivity contribution < 1.29 is 14.3 Å². The van der Waals surface area contributed by atoms with Gasteiger partial charge in [-0.25, -0.2) is 0 Å². The number of hydrogen-bond acceptors (Lipinski definition) is 4. The van der Waals surface area contributed by atoms with E-state index in [-0.39, 0.29) is 18.3 Å². The first kappa shape index (κ1) is 16.5. The lowest BCUT2D eigenvalue weighted by atomic mass is 10.1. The predicted octanol–water partition coefficient (Wildman–Crippen LogP) is 2.72. The van der Waals surface area contributed by atoms with Crippen molar-refractivity contribution >= 4 is 23.3 Å². The van der Waals surface area contributed by atoms with Gasteiger partial charge < -0.3 is 15.0 Å². The van der Waals surface area contributed by atoms with Crippen LogP contribution >= 0.6 is 0 Å². The van der Waals surface area contributed by atoms with Crippen molar-refractivity contribution in [3.8, 4) is 0 Å². The molecule has 0 unspecified atom stereocenters. The molecule has 1 N–H and O–H groups in total. The summed E-state index contributed by atoms with van der Waals surface area (Å²) in [7, 11) is 5.20. The molecular weight excluding hydrogens is 292 g/mol. The summed E-state index contributed by atoms with van der Waals surface area (Å²) >= 11 is 0. The van der Waals surface area contributed by atoms with Crippen molar-refractivity contribution in [2.75, 3.05) is 31.4 Å². The fraction of sp³-hybridized carbons (Fsp3) is 0.222. The molecule has 120 valence electrons. The second-order valence-corrected chi connectivity index (χ2v) is 5.35. The van der Waals surface area contributed by atoms with Crippen molar-refractivity contribution in [1.82, 2.24) is 0 Å². The standard InChI is InChI=1S/C18H20N2O3/c1-20(2)16-9-5-7-14(12-16)18(22)19-15-8-4-6-13(10-15)11-17(21)23-3/h4-10,12H,11H2,1-3H3,(H,19,22). The number of esters is 1. The van der Waals surface area contributed by atoms with Crippen LogP contribution < -0.4 is 10.2 Å². The molecule has 0 radical (unpaired) electrons. The molecule has 0 heterocycles. The molecule has 0 aromatic heterocycles. The van der Waals surface area contributed by atoms with Gasteiger partial charge in [0.1, 0.15) is 0 Å². The Hall–Kier alpha value is -2.82. The Kier molecular flexibility index (Phi) is 5.36. The lowest BCUT2D eigenvalue weighted by Crippen LogP contribution is -2.14. The highest BCUT2D eigenvalue weighted by molar-refractivity contribution is 6.04. The van der Waals surface area contributed by atoms with Gasteiger partial charge in [-0.2, -0.15) is 0 Å². The molecule has 23 heavy (non-hydrogen) atoms. The largest absolute Gasteiger partial charge is 0.469 e. The molecular formula is C18H20N2O3. The summed E-state index contributed by atoms with van der Waals surface area (Å²) in [6, 6.07) is 14.5. The zero-order chi connectivity index (χ0) is 16.8. The number of carbonyl (C=O) groups is 2. The number of rotatable bonds is 5. The summed E-state index contributed by atoms with van der Waals surface area (Å²) in [5.41, 5.74) is 2.97. The third-order valence-electron chi connectivity index (χ3n) is 3.39. The van der Waals surface area contributed by atoms with E-state index in [0.717, 1.165) is 11.3 Å². The van der Waals surface area contributed by atoms with Crippen molar-refractivity contribution in [2.24, 2.45) is 0 Å². The van der Waals surface area contributed by atoms with Gasteiger partial charge in [0.05, 0.1) is 13.5 Å². The summed E-state index contributed by atoms with van der Waals surface area (Å²) in [5.74, 6) is -0.504. The van der Waals surface area contributed by atoms with Gasteiger partial charge >= 0.3 is 5.97 Å². The molecule has 0 atom stereocenters. The van der Waals surface area contributed by atoms with Crippen molar-refractivity contribution in [1.29, 1.82) is 0 Å². The molecule has 0 saturated carbocycles. The first-order valence-corrected chi connectivity index (χ1v) is 7.24. The minimum atomic E-state index is -0.313. The van der Waals surface area contributed by atoms with Crippen molar-refractivity contribution in [3.05, 3.63) is 59.7 Å². The first-order valence-electron chi connectivity index (χ1n) is 7.24. The number of carbonyl (C=O) groups excluding carboxylic acids is 2. The second-order valence-electron chi connectivity index (χ2n) is 5.35. The first-order chi connectivity index (χ1) is 11.0. The van der Waals surface area contributed by atoms with Gasteiger partial charge in [0, 0.05) is 31.0 Å². The number of benzene rings is 2. The number of nitrogens with one attached hydrogen (secondary N) is 1. The summed E-state index contributed by atoms with van der Waals surface area (Å²) in [5, 5.41) is 2.85. The Morgan fingerprint density at radius 1 is 1.09 bits per heavy atom. The normalized spacial score (nSPS) is 10.0. The average molecular weight is 312 g/mol. The molecule has 2 aromatic carbocycles. The minimum Gasteiger partial charge on any atom is -0.469 e. The summed E-state index contributed by atoms with van der Waals surface area (Å²) in [6.07, 6.45) is 0.177. The maximum Gasteiger partial charge on any atom is 0.309 e. The van der Waals surface area contributed by atoms with Crippen LogP contribution in [0.15, 0.2) is 48.5 Å². The monoisotopic (exact) mass is 312 g/mol. The molecule has 5 heteroatoms. The molecule has 0 saturated heterocycles. The molecule has 0 aliphatic carbocycles. The van der Waals surface area contributed by atoms with E-state index in [1.54, 1.807) is 24.3 Å². The lowest BCUT2D eigenvalue weighted by molar-refractivity contribution is -0.139. The summed E-state index contributed by atoms with van der Waals surface area (Å²) in [4.78, 5) is 25.6. The van der Waals surface area contributed by atoms with Crippen LogP contribution in [0.1, 0.15) is 15.9 Å². The molecule has 0 fully saturated rings. The number of anilines is 2. The molecule has 0 bridgehead atoms. The predicted molar refractivity (Wildman–Crippen MR) is 90.9 cm³/mol. The van der Waals surface area contributed by atoms with E-state index >= 15 is 0 Å². The van der Waals surface area contributed by atoms with Crippen molar-refractivity contribution in [3.63, 3.8) is 0 Å². The van der Waals surface area contributed by atoms with Crippen LogP contribution in [0.5, 0.6) is 0 Å². The Labute approximate surface area is 135 Å². The molecule has 2 rings (SSSR count). The summed E-state index contributed by atoms with van der Waals surface area (Å²) in [6.45, 7) is 0. The maximum atomic E-state index is 12.4. The minimum absolute atomic E-state index is 0.177. The average Bonchev–Trinajstić information content (AvgIpc) is 2.55. The van der Waals surface area contributed by atoms with Gasteiger partial charge in [-0.1, -0.05) is 18.2 Å². The fourth-order valence-electron chi connectivity index (χ4n) is 2.13. The van der Waals surface area contributed by atoms with Crippen LogP contribution in [0, 0.1) is 0 Å². The summed E-state index contributed by atoms with van der Waals surface area (Å²) < 4.78 is 4.65. The van der Waals surface area contributed by atoms with Gasteiger partial charge in [-0.15, -0.1) is 0 Å². The number of hydrogen-bond donors (Lipinski definition) is 1. The number of nitrogens with zero attached hydrogens (tertiary/aromatic N) is 1. The maximum absolute atomic E-state index is 12.4. The third-order valence-corrected chi connectivity index (χ3v) is 3.39. The number of methoxy groups -OCH3 is 1. The van der Waals surface area contributed by atoms with Gasteiger partial charge in [-0.05, 0) is 35.9 Å². The smallest absolute Gasteiger partial charge is 0.309 e. The quantitative estimate of drug-likeness (QED) is 0.863. The van der Waals surface area contributed by atoms with Gasteiger partial charge in [0.15, 0.2) is 0 Å². The SMILES string of the molecule is COC(=O)Cc1cccc(NC(=O)c2cccc(N(C)C)c2)c1. The Bertz CT molecular complexity index is 711. The van der Waals surface area contributed by atoms with E-state index in [0.29, 0.717) is 11.3 Å². The van der Waals surface area contributed by atoms with E-state index in [2.05, 4.69) is 10.1 Å². The highest BCUT2D eigenvalue weighted by Crippen LogP contribution is 2.16. The zero-order valence-corrected chi connectivity index (χ0v) is 13.5. The van der Waals surface area contributed by atoms with Gasteiger partial charge in [0.25, 0.3) is 5.91 Å². The van der Waals surface area contributed by atoms with E-state index in [1.807, 2.05) is 43.3 Å². The van der Waals surface area contributed by atoms with Crippen molar-refractivity contribution in [2.45, 2.75) is 6.42 Å². The molecule has 2 aromatic rings. The van der Waals surface area contributed by atoms with Crippen LogP contribution in [0.4, 0.5) is 11.4 Å². The number of ether oxygens (including phenoxy) is 1. The van der Waals surface area contributed by atoms with E-state index in [4.69, 9.17) is 0 Å². The lowest BCUT2D eigenvalue weighted by Gasteiger charge is -2.13. The highest BCUT2D eigenvalue weighted by atomic mass is 16.5. The Balaban J connectivity index is 2.12. The zero-order valence-electron chi connectivity index (χ0n) is 13.5. The van der Waals surface area contributed by atoms with Gasteiger partial charge in [0.2, 0.25) is 0 Å². The molecule has 5 nitrogen and oxygen atoms in total. The third kappa shape index (κ3) is 4.57. The van der Waals surface area contributed by atoms with E-state index in [1.165, 1.54) is 7.11 Å². The van der Waals surface area contributed by atoms with Crippen LogP contribution in [-0.4, -0.2) is 33.1 Å². The Morgan fingerprint density at radius 2 is 1.83 bits per heavy atom. The van der Waals surface area contributed by atoms with Crippen LogP contribution in [0.3, 0.4) is 0 Å². The molecule has 0 aliphatic rings. The number of amides is 1. The molecule has 0 aliphatic heterocycles. The van der Waals surface area contributed by atoms with Crippen LogP contribution in [0.25, 0.3) is 0 Å². The highest BCUT2D eigenvalue weighted by Gasteiger charge is 2.09. The van der Waals surface area contributed by atoms with Crippen LogP contribution in [-0.2, 0) is 16.0 Å². The fourth-order valence-corrected chi connectivity index (χ4v) is 2.13.